The number of rotatable bonds is 5. The first-order valence-corrected chi connectivity index (χ1v) is 6.74. The molecule has 2 rings (SSSR count). The Hall–Kier alpha value is -2.02. The molecule has 0 saturated heterocycles. The zero-order valence-electron chi connectivity index (χ0n) is 11.8. The highest BCUT2D eigenvalue weighted by Gasteiger charge is 2.11. The summed E-state index contributed by atoms with van der Waals surface area (Å²) < 4.78 is 1.69. The second kappa shape index (κ2) is 5.96. The van der Waals surface area contributed by atoms with Gasteiger partial charge in [-0.25, -0.2) is 4.98 Å². The van der Waals surface area contributed by atoms with Gasteiger partial charge >= 0.3 is 0 Å². The third-order valence-electron chi connectivity index (χ3n) is 2.89. The summed E-state index contributed by atoms with van der Waals surface area (Å²) in [5, 5.41) is 7.57. The predicted molar refractivity (Wildman–Crippen MR) is 82.8 cm³/mol. The standard InChI is InChI=1S/C13H18N6S/c1-8-6-10(12(13(14)20)9(2)17-8)15-5-4-11-16-7-19(3)18-11/h6-7H,4-5H2,1-3H3,(H2,14,20)(H,15,17). The predicted octanol–water partition coefficient (Wildman–Crippen LogP) is 1.12. The lowest BCUT2D eigenvalue weighted by atomic mass is 10.1. The van der Waals surface area contributed by atoms with Gasteiger partial charge in [-0.05, 0) is 19.9 Å². The van der Waals surface area contributed by atoms with Crippen LogP contribution in [0.4, 0.5) is 5.69 Å². The number of thiocarbonyl (C=S) groups is 1. The molecule has 0 aliphatic carbocycles. The van der Waals surface area contributed by atoms with Crippen LogP contribution < -0.4 is 11.1 Å². The van der Waals surface area contributed by atoms with Gasteiger partial charge in [0.1, 0.15) is 11.3 Å². The number of nitrogens with one attached hydrogen (secondary N) is 1. The van der Waals surface area contributed by atoms with E-state index in [2.05, 4.69) is 20.4 Å². The van der Waals surface area contributed by atoms with Crippen molar-refractivity contribution in [2.45, 2.75) is 20.3 Å². The maximum absolute atomic E-state index is 5.78. The van der Waals surface area contributed by atoms with Crippen molar-refractivity contribution in [3.8, 4) is 0 Å². The minimum atomic E-state index is 0.355. The molecule has 106 valence electrons. The zero-order chi connectivity index (χ0) is 14.7. The second-order valence-electron chi connectivity index (χ2n) is 4.65. The van der Waals surface area contributed by atoms with Crippen LogP contribution in [-0.2, 0) is 13.5 Å². The molecule has 7 heteroatoms. The number of aromatic nitrogens is 4. The highest BCUT2D eigenvalue weighted by molar-refractivity contribution is 7.80. The topological polar surface area (TPSA) is 81.7 Å². The molecule has 0 unspecified atom stereocenters. The number of hydrogen-bond donors (Lipinski definition) is 2. The van der Waals surface area contributed by atoms with Gasteiger partial charge in [0.25, 0.3) is 0 Å². The van der Waals surface area contributed by atoms with Gasteiger partial charge in [0.2, 0.25) is 0 Å². The van der Waals surface area contributed by atoms with Gasteiger partial charge in [-0.15, -0.1) is 0 Å². The molecule has 0 fully saturated rings. The molecule has 0 amide bonds. The molecule has 0 aliphatic rings. The Morgan fingerprint density at radius 3 is 2.80 bits per heavy atom. The van der Waals surface area contributed by atoms with Crippen molar-refractivity contribution in [3.63, 3.8) is 0 Å². The smallest absolute Gasteiger partial charge is 0.152 e. The van der Waals surface area contributed by atoms with E-state index in [1.807, 2.05) is 27.0 Å². The first-order chi connectivity index (χ1) is 9.47. The minimum Gasteiger partial charge on any atom is -0.389 e. The first kappa shape index (κ1) is 14.4. The van der Waals surface area contributed by atoms with Crippen LogP contribution in [0.1, 0.15) is 22.8 Å². The van der Waals surface area contributed by atoms with Crippen LogP contribution in [0.3, 0.4) is 0 Å². The molecule has 0 atom stereocenters. The molecule has 3 N–H and O–H groups in total. The van der Waals surface area contributed by atoms with Gasteiger partial charge in [0.15, 0.2) is 5.82 Å². The summed E-state index contributed by atoms with van der Waals surface area (Å²) in [7, 11) is 1.85. The van der Waals surface area contributed by atoms with Crippen LogP contribution in [0, 0.1) is 13.8 Å². The van der Waals surface area contributed by atoms with Crippen molar-refractivity contribution in [3.05, 3.63) is 35.2 Å². The van der Waals surface area contributed by atoms with Crippen LogP contribution in [0.25, 0.3) is 0 Å². The van der Waals surface area contributed by atoms with Gasteiger partial charge in [-0.1, -0.05) is 12.2 Å². The van der Waals surface area contributed by atoms with E-state index < -0.39 is 0 Å². The highest BCUT2D eigenvalue weighted by Crippen LogP contribution is 2.19. The Kier molecular flexibility index (Phi) is 4.29. The minimum absolute atomic E-state index is 0.355. The summed E-state index contributed by atoms with van der Waals surface area (Å²) in [4.78, 5) is 8.93. The SMILES string of the molecule is Cc1cc(NCCc2ncn(C)n2)c(C(N)=S)c(C)n1. The van der Waals surface area contributed by atoms with Gasteiger partial charge in [-0.2, -0.15) is 5.10 Å². The monoisotopic (exact) mass is 290 g/mol. The number of aryl methyl sites for hydroxylation is 3. The highest BCUT2D eigenvalue weighted by atomic mass is 32.1. The summed E-state index contributed by atoms with van der Waals surface area (Å²) in [6, 6.07) is 1.95. The Morgan fingerprint density at radius 1 is 1.45 bits per heavy atom. The van der Waals surface area contributed by atoms with Crippen molar-refractivity contribution < 1.29 is 0 Å². The summed E-state index contributed by atoms with van der Waals surface area (Å²) in [5.41, 5.74) is 9.27. The van der Waals surface area contributed by atoms with Crippen LogP contribution in [0.5, 0.6) is 0 Å². The molecule has 0 aromatic carbocycles. The van der Waals surface area contributed by atoms with Crippen LogP contribution in [-0.4, -0.2) is 31.3 Å². The average Bonchev–Trinajstić information content (AvgIpc) is 2.73. The summed E-state index contributed by atoms with van der Waals surface area (Å²) in [6.07, 6.45) is 2.43. The van der Waals surface area contributed by atoms with Crippen molar-refractivity contribution in [2.24, 2.45) is 12.8 Å². The average molecular weight is 290 g/mol. The Labute approximate surface area is 123 Å². The summed E-state index contributed by atoms with van der Waals surface area (Å²) >= 11 is 5.10. The maximum atomic E-state index is 5.78. The van der Waals surface area contributed by atoms with E-state index in [0.717, 1.165) is 34.9 Å². The van der Waals surface area contributed by atoms with Crippen molar-refractivity contribution in [1.82, 2.24) is 19.7 Å². The number of nitrogens with two attached hydrogens (primary N) is 1. The Morgan fingerprint density at radius 2 is 2.20 bits per heavy atom. The Bertz CT molecular complexity index is 634. The molecule has 0 bridgehead atoms. The molecule has 2 aromatic rings. The van der Waals surface area contributed by atoms with Gasteiger partial charge < -0.3 is 11.1 Å². The Balaban J connectivity index is 2.10. The largest absolute Gasteiger partial charge is 0.389 e. The van der Waals surface area contributed by atoms with E-state index in [4.69, 9.17) is 18.0 Å². The molecule has 0 radical (unpaired) electrons. The van der Waals surface area contributed by atoms with E-state index in [1.165, 1.54) is 0 Å². The number of anilines is 1. The van der Waals surface area contributed by atoms with Crippen molar-refractivity contribution in [1.29, 1.82) is 0 Å². The molecule has 0 aliphatic heterocycles. The molecule has 6 nitrogen and oxygen atoms in total. The molecule has 20 heavy (non-hydrogen) atoms. The number of nitrogens with zero attached hydrogens (tertiary/aromatic N) is 4. The summed E-state index contributed by atoms with van der Waals surface area (Å²) in [6.45, 7) is 4.57. The molecule has 2 aromatic heterocycles. The normalized spacial score (nSPS) is 10.6. The molecular formula is C13H18N6S. The third-order valence-corrected chi connectivity index (χ3v) is 3.09. The number of hydrogen-bond acceptors (Lipinski definition) is 5. The lowest BCUT2D eigenvalue weighted by Gasteiger charge is -2.13. The van der Waals surface area contributed by atoms with Gasteiger partial charge in [0.05, 0.1) is 5.56 Å². The van der Waals surface area contributed by atoms with E-state index in [0.29, 0.717) is 11.5 Å². The molecule has 0 spiro atoms. The van der Waals surface area contributed by atoms with Crippen LogP contribution in [0.2, 0.25) is 0 Å². The third kappa shape index (κ3) is 3.30. The zero-order valence-corrected chi connectivity index (χ0v) is 12.7. The fourth-order valence-electron chi connectivity index (χ4n) is 2.09. The van der Waals surface area contributed by atoms with E-state index in [9.17, 15) is 0 Å². The van der Waals surface area contributed by atoms with Gasteiger partial charge in [0, 0.05) is 37.1 Å². The quantitative estimate of drug-likeness (QED) is 0.803. The number of pyridine rings is 1. The van der Waals surface area contributed by atoms with Crippen LogP contribution >= 0.6 is 12.2 Å². The molecule has 2 heterocycles. The lowest BCUT2D eigenvalue weighted by molar-refractivity contribution is 0.742. The van der Waals surface area contributed by atoms with Crippen molar-refractivity contribution >= 4 is 22.9 Å². The molecule has 0 saturated carbocycles. The van der Waals surface area contributed by atoms with Crippen molar-refractivity contribution in [2.75, 3.05) is 11.9 Å². The van der Waals surface area contributed by atoms with Crippen LogP contribution in [0.15, 0.2) is 12.4 Å². The molecular weight excluding hydrogens is 272 g/mol. The van der Waals surface area contributed by atoms with E-state index in [-0.39, 0.29) is 0 Å². The lowest BCUT2D eigenvalue weighted by Crippen LogP contribution is -2.17. The van der Waals surface area contributed by atoms with E-state index >= 15 is 0 Å². The van der Waals surface area contributed by atoms with Gasteiger partial charge in [-0.3, -0.25) is 9.67 Å². The van der Waals surface area contributed by atoms with E-state index in [1.54, 1.807) is 11.0 Å². The summed E-state index contributed by atoms with van der Waals surface area (Å²) in [5.74, 6) is 0.805. The second-order valence-corrected chi connectivity index (χ2v) is 5.09. The first-order valence-electron chi connectivity index (χ1n) is 6.34. The fraction of sp³-hybridized carbons (Fsp3) is 0.385. The fourth-order valence-corrected chi connectivity index (χ4v) is 2.34. The maximum Gasteiger partial charge on any atom is 0.152 e.